The Morgan fingerprint density at radius 1 is 1.29 bits per heavy atom. The molecule has 17 heavy (non-hydrogen) atoms. The van der Waals surface area contributed by atoms with Gasteiger partial charge in [-0.15, -0.1) is 11.3 Å². The SMILES string of the molecule is COc1ccccc1CC(O)c1ccsc1C. The van der Waals surface area contributed by atoms with Gasteiger partial charge in [0.25, 0.3) is 0 Å². The third-order valence-corrected chi connectivity index (χ3v) is 3.73. The predicted octanol–water partition coefficient (Wildman–Crippen LogP) is 3.34. The topological polar surface area (TPSA) is 29.5 Å². The highest BCUT2D eigenvalue weighted by atomic mass is 32.1. The summed E-state index contributed by atoms with van der Waals surface area (Å²) in [6.07, 6.45) is 0.124. The molecule has 0 radical (unpaired) electrons. The van der Waals surface area contributed by atoms with Gasteiger partial charge in [0.1, 0.15) is 5.75 Å². The van der Waals surface area contributed by atoms with E-state index in [0.717, 1.165) is 16.9 Å². The molecule has 0 aliphatic rings. The second-order valence-corrected chi connectivity index (χ2v) is 5.08. The summed E-state index contributed by atoms with van der Waals surface area (Å²) in [6, 6.07) is 9.79. The molecule has 0 aliphatic heterocycles. The number of aliphatic hydroxyl groups is 1. The van der Waals surface area contributed by atoms with Gasteiger partial charge >= 0.3 is 0 Å². The van der Waals surface area contributed by atoms with Crippen molar-refractivity contribution in [1.29, 1.82) is 0 Å². The van der Waals surface area contributed by atoms with Gasteiger partial charge in [-0.2, -0.15) is 0 Å². The van der Waals surface area contributed by atoms with Gasteiger partial charge in [0.05, 0.1) is 13.2 Å². The lowest BCUT2D eigenvalue weighted by Gasteiger charge is -2.13. The lowest BCUT2D eigenvalue weighted by Crippen LogP contribution is -2.03. The molecule has 0 saturated carbocycles. The van der Waals surface area contributed by atoms with Gasteiger partial charge < -0.3 is 9.84 Å². The summed E-state index contributed by atoms with van der Waals surface area (Å²) in [5.41, 5.74) is 2.05. The lowest BCUT2D eigenvalue weighted by atomic mass is 10.0. The molecule has 1 atom stereocenters. The highest BCUT2D eigenvalue weighted by molar-refractivity contribution is 7.10. The Labute approximate surface area is 105 Å². The summed E-state index contributed by atoms with van der Waals surface area (Å²) >= 11 is 1.66. The molecule has 0 fully saturated rings. The van der Waals surface area contributed by atoms with E-state index >= 15 is 0 Å². The minimum Gasteiger partial charge on any atom is -0.496 e. The van der Waals surface area contributed by atoms with Crippen molar-refractivity contribution in [2.45, 2.75) is 19.4 Å². The van der Waals surface area contributed by atoms with Crippen LogP contribution in [0.2, 0.25) is 0 Å². The standard InChI is InChI=1S/C14H16O2S/c1-10-12(7-8-17-10)13(15)9-11-5-3-4-6-14(11)16-2/h3-8,13,15H,9H2,1-2H3. The van der Waals surface area contributed by atoms with E-state index in [9.17, 15) is 5.11 Å². The summed E-state index contributed by atoms with van der Waals surface area (Å²) in [6.45, 7) is 2.03. The minimum atomic E-state index is -0.461. The number of aryl methyl sites for hydroxylation is 1. The zero-order valence-electron chi connectivity index (χ0n) is 10.0. The van der Waals surface area contributed by atoms with Crippen LogP contribution in [-0.2, 0) is 6.42 Å². The highest BCUT2D eigenvalue weighted by Gasteiger charge is 2.14. The number of rotatable bonds is 4. The quantitative estimate of drug-likeness (QED) is 0.899. The lowest BCUT2D eigenvalue weighted by molar-refractivity contribution is 0.177. The summed E-state index contributed by atoms with van der Waals surface area (Å²) in [5.74, 6) is 0.833. The van der Waals surface area contributed by atoms with Crippen LogP contribution in [0, 0.1) is 6.92 Å². The maximum atomic E-state index is 10.2. The Morgan fingerprint density at radius 2 is 2.06 bits per heavy atom. The van der Waals surface area contributed by atoms with Gasteiger partial charge in [-0.3, -0.25) is 0 Å². The Kier molecular flexibility index (Phi) is 3.82. The molecule has 0 saturated heterocycles. The molecule has 0 aliphatic carbocycles. The summed E-state index contributed by atoms with van der Waals surface area (Å²) < 4.78 is 5.29. The second kappa shape index (κ2) is 5.34. The molecule has 0 bridgehead atoms. The molecule has 2 aromatic rings. The average Bonchev–Trinajstić information content (AvgIpc) is 2.76. The number of thiophene rings is 1. The van der Waals surface area contributed by atoms with Crippen LogP contribution in [0.1, 0.15) is 22.1 Å². The number of para-hydroxylation sites is 1. The highest BCUT2D eigenvalue weighted by Crippen LogP contribution is 2.28. The molecule has 2 nitrogen and oxygen atoms in total. The minimum absolute atomic E-state index is 0.461. The van der Waals surface area contributed by atoms with Crippen molar-refractivity contribution in [3.8, 4) is 5.75 Å². The van der Waals surface area contributed by atoms with Crippen LogP contribution in [0.5, 0.6) is 5.75 Å². The van der Waals surface area contributed by atoms with E-state index in [1.54, 1.807) is 18.4 Å². The first-order chi connectivity index (χ1) is 8.22. The summed E-state index contributed by atoms with van der Waals surface area (Å²) in [4.78, 5) is 1.17. The van der Waals surface area contributed by atoms with Gasteiger partial charge in [0.2, 0.25) is 0 Å². The van der Waals surface area contributed by atoms with E-state index < -0.39 is 6.10 Å². The smallest absolute Gasteiger partial charge is 0.122 e. The van der Waals surface area contributed by atoms with E-state index in [2.05, 4.69) is 0 Å². The fourth-order valence-corrected chi connectivity index (χ4v) is 2.69. The fraction of sp³-hybridized carbons (Fsp3) is 0.286. The van der Waals surface area contributed by atoms with Crippen LogP contribution in [0.3, 0.4) is 0 Å². The molecule has 2 rings (SSSR count). The molecule has 90 valence electrons. The molecule has 1 heterocycles. The Bertz CT molecular complexity index is 490. The number of methoxy groups -OCH3 is 1. The van der Waals surface area contributed by atoms with Crippen LogP contribution in [0.25, 0.3) is 0 Å². The van der Waals surface area contributed by atoms with Crippen molar-refractivity contribution < 1.29 is 9.84 Å². The van der Waals surface area contributed by atoms with Gasteiger partial charge in [0, 0.05) is 11.3 Å². The molecule has 1 N–H and O–H groups in total. The molecule has 3 heteroatoms. The summed E-state index contributed by atoms with van der Waals surface area (Å²) in [7, 11) is 1.65. The second-order valence-electron chi connectivity index (χ2n) is 3.96. The van der Waals surface area contributed by atoms with E-state index in [4.69, 9.17) is 4.74 Å². The number of hydrogen-bond donors (Lipinski definition) is 1. The van der Waals surface area contributed by atoms with Crippen LogP contribution in [0.15, 0.2) is 35.7 Å². The van der Waals surface area contributed by atoms with E-state index in [1.807, 2.05) is 42.6 Å². The van der Waals surface area contributed by atoms with Crippen LogP contribution < -0.4 is 4.74 Å². The molecular formula is C14H16O2S. The predicted molar refractivity (Wildman–Crippen MR) is 70.7 cm³/mol. The largest absolute Gasteiger partial charge is 0.496 e. The first-order valence-corrected chi connectivity index (χ1v) is 6.44. The first kappa shape index (κ1) is 12.1. The molecule has 1 aromatic carbocycles. The van der Waals surface area contributed by atoms with E-state index in [-0.39, 0.29) is 0 Å². The maximum absolute atomic E-state index is 10.2. The number of aliphatic hydroxyl groups excluding tert-OH is 1. The Balaban J connectivity index is 2.18. The molecular weight excluding hydrogens is 232 g/mol. The van der Waals surface area contributed by atoms with Crippen molar-refractivity contribution >= 4 is 11.3 Å². The first-order valence-electron chi connectivity index (χ1n) is 5.56. The monoisotopic (exact) mass is 248 g/mol. The van der Waals surface area contributed by atoms with Crippen LogP contribution in [-0.4, -0.2) is 12.2 Å². The number of benzene rings is 1. The number of hydrogen-bond acceptors (Lipinski definition) is 3. The van der Waals surface area contributed by atoms with E-state index in [0.29, 0.717) is 6.42 Å². The Morgan fingerprint density at radius 3 is 2.71 bits per heavy atom. The van der Waals surface area contributed by atoms with E-state index in [1.165, 1.54) is 4.88 Å². The fourth-order valence-electron chi connectivity index (χ4n) is 1.93. The third kappa shape index (κ3) is 2.68. The Hall–Kier alpha value is -1.32. The molecule has 1 aromatic heterocycles. The van der Waals surface area contributed by atoms with Crippen molar-refractivity contribution in [3.05, 3.63) is 51.7 Å². The van der Waals surface area contributed by atoms with Gasteiger partial charge in [-0.05, 0) is 35.6 Å². The van der Waals surface area contributed by atoms with Crippen molar-refractivity contribution in [2.24, 2.45) is 0 Å². The van der Waals surface area contributed by atoms with Crippen molar-refractivity contribution in [1.82, 2.24) is 0 Å². The van der Waals surface area contributed by atoms with Gasteiger partial charge in [-0.25, -0.2) is 0 Å². The van der Waals surface area contributed by atoms with Crippen molar-refractivity contribution in [3.63, 3.8) is 0 Å². The van der Waals surface area contributed by atoms with Gasteiger partial charge in [-0.1, -0.05) is 18.2 Å². The molecule has 0 spiro atoms. The molecule has 1 unspecified atom stereocenters. The van der Waals surface area contributed by atoms with Crippen LogP contribution in [0.4, 0.5) is 0 Å². The molecule has 0 amide bonds. The normalized spacial score (nSPS) is 12.4. The number of ether oxygens (including phenoxy) is 1. The third-order valence-electron chi connectivity index (χ3n) is 2.86. The maximum Gasteiger partial charge on any atom is 0.122 e. The average molecular weight is 248 g/mol. The zero-order chi connectivity index (χ0) is 12.3. The summed E-state index contributed by atoms with van der Waals surface area (Å²) in [5, 5.41) is 12.2. The van der Waals surface area contributed by atoms with Crippen molar-refractivity contribution in [2.75, 3.05) is 7.11 Å². The van der Waals surface area contributed by atoms with Crippen LogP contribution >= 0.6 is 11.3 Å². The van der Waals surface area contributed by atoms with Gasteiger partial charge in [0.15, 0.2) is 0 Å². The zero-order valence-corrected chi connectivity index (χ0v) is 10.8.